The van der Waals surface area contributed by atoms with Crippen molar-refractivity contribution in [3.63, 3.8) is 0 Å². The van der Waals surface area contributed by atoms with E-state index in [4.69, 9.17) is 0 Å². The number of hydrogen-bond acceptors (Lipinski definition) is 0. The molecule has 0 amide bonds. The van der Waals surface area contributed by atoms with E-state index in [1.807, 2.05) is 24.3 Å². The molecule has 0 atom stereocenters. The van der Waals surface area contributed by atoms with E-state index in [0.717, 1.165) is 0 Å². The number of unbranched alkanes of at least 4 members (excludes halogenated alkanes) is 4. The van der Waals surface area contributed by atoms with Crippen LogP contribution < -0.4 is 0 Å². The van der Waals surface area contributed by atoms with Crippen LogP contribution in [0.15, 0.2) is 49.6 Å². The van der Waals surface area contributed by atoms with Crippen LogP contribution in [0.5, 0.6) is 0 Å². The second-order valence-corrected chi connectivity index (χ2v) is 3.61. The molecule has 0 radical (unpaired) electrons. The maximum absolute atomic E-state index is 3.57. The number of rotatable bonds is 8. The zero-order valence-corrected chi connectivity index (χ0v) is 13.2. The Kier molecular flexibility index (Phi) is 31.7. The normalized spacial score (nSPS) is 9.53. The van der Waals surface area contributed by atoms with Gasteiger partial charge in [0.05, 0.1) is 0 Å². The van der Waals surface area contributed by atoms with E-state index in [2.05, 4.69) is 39.2 Å². The Morgan fingerprint density at radius 2 is 1.12 bits per heavy atom. The van der Waals surface area contributed by atoms with Crippen molar-refractivity contribution in [2.75, 3.05) is 0 Å². The molecule has 17 heavy (non-hydrogen) atoms. The third-order valence-electron chi connectivity index (χ3n) is 1.99. The van der Waals surface area contributed by atoms with Gasteiger partial charge in [0, 0.05) is 0 Å². The van der Waals surface area contributed by atoms with Crippen LogP contribution >= 0.6 is 0 Å². The topological polar surface area (TPSA) is 0 Å². The van der Waals surface area contributed by atoms with E-state index in [9.17, 15) is 0 Å². The molecule has 0 aromatic carbocycles. The molecule has 0 aliphatic carbocycles. The van der Waals surface area contributed by atoms with Gasteiger partial charge in [-0.25, -0.2) is 0 Å². The molecule has 0 fully saturated rings. The predicted molar refractivity (Wildman–Crippen MR) is 77.7 cm³/mol. The van der Waals surface area contributed by atoms with E-state index in [1.54, 1.807) is 0 Å². The van der Waals surface area contributed by atoms with Crippen LogP contribution in [0.4, 0.5) is 0 Å². The van der Waals surface area contributed by atoms with Crippen molar-refractivity contribution in [1.29, 1.82) is 0 Å². The maximum Gasteiger partial charge on any atom is 2.00 e. The zero-order valence-electron chi connectivity index (χ0n) is 11.5. The van der Waals surface area contributed by atoms with E-state index in [-0.39, 0.29) is 19.5 Å². The summed E-state index contributed by atoms with van der Waals surface area (Å²) in [5, 5.41) is 0. The molecule has 0 N–H and O–H groups in total. The molecule has 0 aliphatic heterocycles. The third-order valence-corrected chi connectivity index (χ3v) is 1.99. The fraction of sp³-hybridized carbons (Fsp3) is 0.500. The van der Waals surface area contributed by atoms with Gasteiger partial charge in [0.25, 0.3) is 0 Å². The Labute approximate surface area is 121 Å². The average molecular weight is 321 g/mol. The quantitative estimate of drug-likeness (QED) is 0.299. The van der Waals surface area contributed by atoms with Crippen molar-refractivity contribution in [2.45, 2.75) is 52.4 Å². The Hall–Kier alpha value is -0.417. The van der Waals surface area contributed by atoms with E-state index < -0.39 is 0 Å². The Balaban J connectivity index is -0.000000218. The minimum atomic E-state index is 0. The van der Waals surface area contributed by atoms with Crippen LogP contribution in [0.1, 0.15) is 52.4 Å². The first-order valence-corrected chi connectivity index (χ1v) is 6.38. The van der Waals surface area contributed by atoms with Crippen LogP contribution in [0.2, 0.25) is 0 Å². The molecule has 0 unspecified atom stereocenters. The Morgan fingerprint density at radius 3 is 1.35 bits per heavy atom. The van der Waals surface area contributed by atoms with Crippen LogP contribution in [0.25, 0.3) is 0 Å². The number of hydrogen-bond donors (Lipinski definition) is 0. The van der Waals surface area contributed by atoms with Gasteiger partial charge in [-0.15, -0.1) is 0 Å². The molecule has 0 aromatic rings. The summed E-state index contributed by atoms with van der Waals surface area (Å²) in [7, 11) is 0. The molecule has 0 heterocycles. The van der Waals surface area contributed by atoms with Crippen LogP contribution in [-0.4, -0.2) is 0 Å². The Morgan fingerprint density at radius 1 is 0.765 bits per heavy atom. The molecule has 0 saturated carbocycles. The van der Waals surface area contributed by atoms with Gasteiger partial charge >= 0.3 is 19.5 Å². The van der Waals surface area contributed by atoms with Crippen molar-refractivity contribution in [3.05, 3.63) is 49.6 Å². The standard InChI is InChI=1S/2C8H14.Ru/c2*1-3-5-7-8-6-4-2;/h2*3,5,7H,1,4,6,8H2,2H3;/q;;+2/b2*7-5+;. The van der Waals surface area contributed by atoms with Gasteiger partial charge in [-0.05, 0) is 12.8 Å². The van der Waals surface area contributed by atoms with Gasteiger partial charge in [-0.3, -0.25) is 0 Å². The fourth-order valence-corrected chi connectivity index (χ4v) is 1.03. The first-order chi connectivity index (χ1) is 7.83. The first kappa shape index (κ1) is 21.8. The number of allylic oxidation sites excluding steroid dienone is 6. The van der Waals surface area contributed by atoms with Crippen molar-refractivity contribution in [2.24, 2.45) is 0 Å². The summed E-state index contributed by atoms with van der Waals surface area (Å²) < 4.78 is 0. The summed E-state index contributed by atoms with van der Waals surface area (Å²) in [6.45, 7) is 11.5. The average Bonchev–Trinajstić information content (AvgIpc) is 2.31. The summed E-state index contributed by atoms with van der Waals surface area (Å²) in [4.78, 5) is 0. The van der Waals surface area contributed by atoms with Gasteiger partial charge < -0.3 is 0 Å². The van der Waals surface area contributed by atoms with Gasteiger partial charge in [-0.2, -0.15) is 0 Å². The van der Waals surface area contributed by atoms with Crippen LogP contribution in [-0.2, 0) is 19.5 Å². The predicted octanol–water partition coefficient (Wildman–Crippen LogP) is 5.84. The largest absolute Gasteiger partial charge is 2.00 e. The molecule has 0 aromatic heterocycles. The molecule has 0 spiro atoms. The molecule has 0 saturated heterocycles. The zero-order chi connectivity index (χ0) is 12.5. The van der Waals surface area contributed by atoms with E-state index in [1.165, 1.54) is 38.5 Å². The van der Waals surface area contributed by atoms with Gasteiger partial charge in [0.2, 0.25) is 0 Å². The van der Waals surface area contributed by atoms with Crippen molar-refractivity contribution < 1.29 is 19.5 Å². The molecule has 1 heteroatoms. The second kappa shape index (κ2) is 24.7. The molecular formula is C16H28Ru+2. The van der Waals surface area contributed by atoms with Gasteiger partial charge in [-0.1, -0.05) is 89.1 Å². The molecule has 0 aliphatic rings. The second-order valence-electron chi connectivity index (χ2n) is 3.61. The van der Waals surface area contributed by atoms with Crippen molar-refractivity contribution >= 4 is 0 Å². The summed E-state index contributed by atoms with van der Waals surface area (Å²) in [6, 6.07) is 0. The summed E-state index contributed by atoms with van der Waals surface area (Å²) in [5.41, 5.74) is 0. The summed E-state index contributed by atoms with van der Waals surface area (Å²) in [5.74, 6) is 0. The minimum Gasteiger partial charge on any atom is -0.0991 e. The minimum absolute atomic E-state index is 0. The van der Waals surface area contributed by atoms with Crippen LogP contribution in [0.3, 0.4) is 0 Å². The molecule has 0 bridgehead atoms. The molecular weight excluding hydrogens is 293 g/mol. The summed E-state index contributed by atoms with van der Waals surface area (Å²) in [6.07, 6.45) is 19.5. The Bertz CT molecular complexity index is 168. The first-order valence-electron chi connectivity index (χ1n) is 6.38. The molecule has 98 valence electrons. The fourth-order valence-electron chi connectivity index (χ4n) is 1.03. The molecule has 0 nitrogen and oxygen atoms in total. The van der Waals surface area contributed by atoms with Gasteiger partial charge in [0.15, 0.2) is 0 Å². The maximum atomic E-state index is 3.57. The van der Waals surface area contributed by atoms with E-state index >= 15 is 0 Å². The SMILES string of the molecule is C=C/C=C/CCCC.C=C/C=C/CCCC.[Ru+2]. The van der Waals surface area contributed by atoms with E-state index in [0.29, 0.717) is 0 Å². The monoisotopic (exact) mass is 322 g/mol. The van der Waals surface area contributed by atoms with Crippen LogP contribution in [0, 0.1) is 0 Å². The third kappa shape index (κ3) is 31.3. The van der Waals surface area contributed by atoms with Crippen molar-refractivity contribution in [3.8, 4) is 0 Å². The van der Waals surface area contributed by atoms with Crippen molar-refractivity contribution in [1.82, 2.24) is 0 Å². The van der Waals surface area contributed by atoms with Gasteiger partial charge in [0.1, 0.15) is 0 Å². The summed E-state index contributed by atoms with van der Waals surface area (Å²) >= 11 is 0. The smallest absolute Gasteiger partial charge is 0.0991 e. The molecule has 0 rings (SSSR count).